The zero-order valence-electron chi connectivity index (χ0n) is 14.8. The van der Waals surface area contributed by atoms with Crippen molar-refractivity contribution < 1.29 is 13.2 Å². The van der Waals surface area contributed by atoms with Crippen molar-refractivity contribution in [2.24, 2.45) is 5.73 Å². The number of hydrogen-bond donors (Lipinski definition) is 1. The Labute approximate surface area is 154 Å². The van der Waals surface area contributed by atoms with Gasteiger partial charge < -0.3 is 15.5 Å². The first-order valence-corrected chi connectivity index (χ1v) is 11.5. The zero-order chi connectivity index (χ0) is 18.4. The Morgan fingerprint density at radius 3 is 2.56 bits per heavy atom. The summed E-state index contributed by atoms with van der Waals surface area (Å²) in [6, 6.07) is 6.49. The number of benzene rings is 1. The Balaban J connectivity index is 1.73. The van der Waals surface area contributed by atoms with E-state index in [0.717, 1.165) is 43.2 Å². The van der Waals surface area contributed by atoms with Crippen molar-refractivity contribution in [1.82, 2.24) is 4.90 Å². The van der Waals surface area contributed by atoms with Gasteiger partial charge in [-0.05, 0) is 43.5 Å². The number of amides is 1. The Kier molecular flexibility index (Phi) is 7.15. The van der Waals surface area contributed by atoms with E-state index in [9.17, 15) is 13.2 Å². The molecule has 1 saturated heterocycles. The minimum atomic E-state index is -3.16. The summed E-state index contributed by atoms with van der Waals surface area (Å²) in [7, 11) is -1.19. The van der Waals surface area contributed by atoms with Crippen molar-refractivity contribution in [1.29, 1.82) is 0 Å². The summed E-state index contributed by atoms with van der Waals surface area (Å²) in [5.74, 6) is 1.83. The SMILES string of the molecule is CN(CCCC[C@H](N)C(=O)N1CCSC1)c1ccc(S(C)(=O)=O)cc1. The van der Waals surface area contributed by atoms with E-state index in [1.807, 2.05) is 24.1 Å². The van der Waals surface area contributed by atoms with Gasteiger partial charge >= 0.3 is 0 Å². The van der Waals surface area contributed by atoms with Gasteiger partial charge in [0.25, 0.3) is 0 Å². The largest absolute Gasteiger partial charge is 0.375 e. The molecule has 2 rings (SSSR count). The van der Waals surface area contributed by atoms with Gasteiger partial charge in [-0.1, -0.05) is 0 Å². The number of nitrogens with two attached hydrogens (primary N) is 1. The second-order valence-corrected chi connectivity index (χ2v) is 9.52. The molecule has 1 fully saturated rings. The number of hydrogen-bond acceptors (Lipinski definition) is 6. The molecular formula is C17H27N3O3S2. The minimum Gasteiger partial charge on any atom is -0.375 e. The molecule has 2 N–H and O–H groups in total. The highest BCUT2D eigenvalue weighted by Crippen LogP contribution is 2.18. The molecule has 1 aromatic carbocycles. The van der Waals surface area contributed by atoms with Crippen LogP contribution >= 0.6 is 11.8 Å². The van der Waals surface area contributed by atoms with Crippen LogP contribution in [-0.2, 0) is 14.6 Å². The van der Waals surface area contributed by atoms with Gasteiger partial charge in [0.1, 0.15) is 0 Å². The number of carbonyl (C=O) groups excluding carboxylic acids is 1. The maximum atomic E-state index is 12.1. The molecule has 0 aromatic heterocycles. The fourth-order valence-corrected chi connectivity index (χ4v) is 4.32. The van der Waals surface area contributed by atoms with Crippen LogP contribution in [0.2, 0.25) is 0 Å². The van der Waals surface area contributed by atoms with Crippen LogP contribution in [0, 0.1) is 0 Å². The third kappa shape index (κ3) is 5.90. The molecule has 0 unspecified atom stereocenters. The fourth-order valence-electron chi connectivity index (χ4n) is 2.74. The molecule has 1 heterocycles. The lowest BCUT2D eigenvalue weighted by Gasteiger charge is -2.21. The molecule has 25 heavy (non-hydrogen) atoms. The maximum Gasteiger partial charge on any atom is 0.240 e. The van der Waals surface area contributed by atoms with E-state index in [0.29, 0.717) is 11.3 Å². The number of unbranched alkanes of at least 4 members (excludes halogenated alkanes) is 1. The van der Waals surface area contributed by atoms with Crippen LogP contribution in [0.5, 0.6) is 0 Å². The number of nitrogens with zero attached hydrogens (tertiary/aromatic N) is 2. The van der Waals surface area contributed by atoms with Gasteiger partial charge in [0.2, 0.25) is 5.91 Å². The normalized spacial score (nSPS) is 16.0. The number of sulfone groups is 1. The molecule has 1 atom stereocenters. The second kappa shape index (κ2) is 8.91. The van der Waals surface area contributed by atoms with Crippen molar-refractivity contribution in [3.05, 3.63) is 24.3 Å². The van der Waals surface area contributed by atoms with Crippen molar-refractivity contribution >= 4 is 33.2 Å². The molecule has 0 radical (unpaired) electrons. The summed E-state index contributed by atoms with van der Waals surface area (Å²) in [5, 5.41) is 0. The van der Waals surface area contributed by atoms with Crippen LogP contribution in [0.25, 0.3) is 0 Å². The van der Waals surface area contributed by atoms with Crippen LogP contribution in [0.15, 0.2) is 29.2 Å². The van der Waals surface area contributed by atoms with Crippen LogP contribution < -0.4 is 10.6 Å². The Morgan fingerprint density at radius 1 is 1.32 bits per heavy atom. The Hall–Kier alpha value is -1.25. The van der Waals surface area contributed by atoms with E-state index >= 15 is 0 Å². The fraction of sp³-hybridized carbons (Fsp3) is 0.588. The Morgan fingerprint density at radius 2 is 2.00 bits per heavy atom. The smallest absolute Gasteiger partial charge is 0.240 e. The monoisotopic (exact) mass is 385 g/mol. The standard InChI is InChI=1S/C17H27N3O3S2/c1-19(14-6-8-15(9-7-14)25(2,22)23)10-4-3-5-16(18)17(21)20-11-12-24-13-20/h6-9,16H,3-5,10-13,18H2,1-2H3/t16-/m0/s1. The second-order valence-electron chi connectivity index (χ2n) is 6.43. The molecule has 8 heteroatoms. The summed E-state index contributed by atoms with van der Waals surface area (Å²) < 4.78 is 23.0. The van der Waals surface area contributed by atoms with E-state index in [-0.39, 0.29) is 5.91 Å². The predicted molar refractivity (Wildman–Crippen MR) is 104 cm³/mol. The van der Waals surface area contributed by atoms with Gasteiger partial charge in [-0.2, -0.15) is 0 Å². The average Bonchev–Trinajstić information content (AvgIpc) is 3.11. The Bertz CT molecular complexity index is 671. The summed E-state index contributed by atoms with van der Waals surface area (Å²) >= 11 is 1.77. The minimum absolute atomic E-state index is 0.0646. The van der Waals surface area contributed by atoms with Crippen LogP contribution in [0.3, 0.4) is 0 Å². The average molecular weight is 386 g/mol. The van der Waals surface area contributed by atoms with Crippen molar-refractivity contribution in [2.75, 3.05) is 42.9 Å². The lowest BCUT2D eigenvalue weighted by atomic mass is 10.1. The zero-order valence-corrected chi connectivity index (χ0v) is 16.5. The summed E-state index contributed by atoms with van der Waals surface area (Å²) in [4.78, 5) is 16.4. The third-order valence-corrected chi connectivity index (χ3v) is 6.44. The van der Waals surface area contributed by atoms with Gasteiger partial charge in [-0.15, -0.1) is 11.8 Å². The van der Waals surface area contributed by atoms with E-state index < -0.39 is 15.9 Å². The van der Waals surface area contributed by atoms with Crippen molar-refractivity contribution in [3.63, 3.8) is 0 Å². The van der Waals surface area contributed by atoms with Gasteiger partial charge in [0.15, 0.2) is 9.84 Å². The lowest BCUT2D eigenvalue weighted by Crippen LogP contribution is -2.42. The highest BCUT2D eigenvalue weighted by molar-refractivity contribution is 7.99. The molecule has 1 aromatic rings. The topological polar surface area (TPSA) is 83.7 Å². The van der Waals surface area contributed by atoms with Crippen molar-refractivity contribution in [2.45, 2.75) is 30.2 Å². The molecule has 1 amide bonds. The van der Waals surface area contributed by atoms with E-state index in [1.54, 1.807) is 23.9 Å². The quantitative estimate of drug-likeness (QED) is 0.684. The molecule has 0 bridgehead atoms. The summed E-state index contributed by atoms with van der Waals surface area (Å²) in [5.41, 5.74) is 6.99. The highest BCUT2D eigenvalue weighted by Gasteiger charge is 2.23. The predicted octanol–water partition coefficient (Wildman–Crippen LogP) is 1.56. The van der Waals surface area contributed by atoms with Gasteiger partial charge in [-0.3, -0.25) is 4.79 Å². The molecule has 1 aliphatic rings. The van der Waals surface area contributed by atoms with Crippen LogP contribution in [-0.4, -0.2) is 63.3 Å². The van der Waals surface area contributed by atoms with Crippen LogP contribution in [0.1, 0.15) is 19.3 Å². The molecule has 0 saturated carbocycles. The number of rotatable bonds is 8. The first-order valence-electron chi connectivity index (χ1n) is 8.42. The highest BCUT2D eigenvalue weighted by atomic mass is 32.2. The summed E-state index contributed by atoms with van der Waals surface area (Å²) in [6.07, 6.45) is 3.72. The molecule has 1 aliphatic heterocycles. The van der Waals surface area contributed by atoms with Crippen molar-refractivity contribution in [3.8, 4) is 0 Å². The molecular weight excluding hydrogens is 358 g/mol. The molecule has 140 valence electrons. The van der Waals surface area contributed by atoms with E-state index in [2.05, 4.69) is 4.90 Å². The molecule has 6 nitrogen and oxygen atoms in total. The number of carbonyl (C=O) groups is 1. The first-order chi connectivity index (χ1) is 11.8. The first kappa shape index (κ1) is 20.1. The molecule has 0 aliphatic carbocycles. The van der Waals surface area contributed by atoms with Crippen LogP contribution in [0.4, 0.5) is 5.69 Å². The van der Waals surface area contributed by atoms with E-state index in [4.69, 9.17) is 5.73 Å². The van der Waals surface area contributed by atoms with Gasteiger partial charge in [-0.25, -0.2) is 8.42 Å². The lowest BCUT2D eigenvalue weighted by molar-refractivity contribution is -0.131. The molecule has 0 spiro atoms. The van der Waals surface area contributed by atoms with E-state index in [1.165, 1.54) is 6.26 Å². The van der Waals surface area contributed by atoms with Gasteiger partial charge in [0.05, 0.1) is 16.8 Å². The maximum absolute atomic E-state index is 12.1. The number of anilines is 1. The third-order valence-electron chi connectivity index (χ3n) is 4.35. The number of thioether (sulfide) groups is 1. The van der Waals surface area contributed by atoms with Gasteiger partial charge in [0, 0.05) is 37.8 Å². The summed E-state index contributed by atoms with van der Waals surface area (Å²) in [6.45, 7) is 1.64.